The molecular formula is C18H21NO5. The van der Waals surface area contributed by atoms with Crippen LogP contribution in [0.15, 0.2) is 30.3 Å². The molecular weight excluding hydrogens is 310 g/mol. The maximum Gasteiger partial charge on any atom is 0.203 e. The van der Waals surface area contributed by atoms with Gasteiger partial charge in [0.25, 0.3) is 0 Å². The third-order valence-corrected chi connectivity index (χ3v) is 3.76. The zero-order chi connectivity index (χ0) is 16.9. The number of fused-ring (bicyclic) bond motifs is 1. The van der Waals surface area contributed by atoms with E-state index in [1.54, 1.807) is 21.3 Å². The zero-order valence-corrected chi connectivity index (χ0v) is 14.0. The number of anilines is 1. The lowest BCUT2D eigenvalue weighted by Crippen LogP contribution is -2.15. The van der Waals surface area contributed by atoms with E-state index < -0.39 is 0 Å². The van der Waals surface area contributed by atoms with E-state index in [2.05, 4.69) is 5.32 Å². The zero-order valence-electron chi connectivity index (χ0n) is 14.0. The molecule has 0 saturated carbocycles. The number of hydrogen-bond donors (Lipinski definition) is 1. The molecule has 6 heteroatoms. The van der Waals surface area contributed by atoms with Crippen molar-refractivity contribution in [3.05, 3.63) is 35.9 Å². The van der Waals surface area contributed by atoms with Gasteiger partial charge in [-0.05, 0) is 29.8 Å². The summed E-state index contributed by atoms with van der Waals surface area (Å²) in [4.78, 5) is 0. The average Bonchev–Trinajstić information content (AvgIpc) is 2.65. The van der Waals surface area contributed by atoms with Gasteiger partial charge in [-0.25, -0.2) is 0 Å². The van der Waals surface area contributed by atoms with E-state index in [1.807, 2.05) is 30.3 Å². The van der Waals surface area contributed by atoms with Crippen LogP contribution in [-0.4, -0.2) is 34.5 Å². The molecule has 1 N–H and O–H groups in total. The monoisotopic (exact) mass is 331 g/mol. The molecule has 2 aromatic carbocycles. The fourth-order valence-corrected chi connectivity index (χ4v) is 2.59. The summed E-state index contributed by atoms with van der Waals surface area (Å²) < 4.78 is 27.2. The van der Waals surface area contributed by atoms with Gasteiger partial charge in [-0.2, -0.15) is 0 Å². The topological polar surface area (TPSA) is 58.2 Å². The van der Waals surface area contributed by atoms with Crippen molar-refractivity contribution in [1.29, 1.82) is 0 Å². The van der Waals surface area contributed by atoms with Crippen LogP contribution in [-0.2, 0) is 6.54 Å². The van der Waals surface area contributed by atoms with Gasteiger partial charge in [0.05, 0.1) is 21.3 Å². The van der Waals surface area contributed by atoms with Crippen LogP contribution in [0.5, 0.6) is 28.7 Å². The fraction of sp³-hybridized carbons (Fsp3) is 0.333. The number of methoxy groups -OCH3 is 3. The molecule has 0 unspecified atom stereocenters. The minimum Gasteiger partial charge on any atom is -0.493 e. The molecule has 0 spiro atoms. The number of benzene rings is 2. The third kappa shape index (κ3) is 3.27. The Morgan fingerprint density at radius 2 is 1.54 bits per heavy atom. The van der Waals surface area contributed by atoms with E-state index in [0.717, 1.165) is 22.7 Å². The van der Waals surface area contributed by atoms with Gasteiger partial charge >= 0.3 is 0 Å². The summed E-state index contributed by atoms with van der Waals surface area (Å²) in [6.45, 7) is 1.77. The summed E-state index contributed by atoms with van der Waals surface area (Å²) in [6, 6.07) is 9.66. The van der Waals surface area contributed by atoms with Crippen LogP contribution in [0.4, 0.5) is 5.69 Å². The molecule has 1 aliphatic rings. The van der Waals surface area contributed by atoms with Gasteiger partial charge < -0.3 is 29.0 Å². The quantitative estimate of drug-likeness (QED) is 0.878. The smallest absolute Gasteiger partial charge is 0.203 e. The average molecular weight is 331 g/mol. The molecule has 128 valence electrons. The summed E-state index contributed by atoms with van der Waals surface area (Å²) in [7, 11) is 4.80. The molecule has 2 aromatic rings. The summed E-state index contributed by atoms with van der Waals surface area (Å²) in [6.07, 6.45) is 0. The Morgan fingerprint density at radius 1 is 0.875 bits per heavy atom. The summed E-state index contributed by atoms with van der Waals surface area (Å²) >= 11 is 0. The highest BCUT2D eigenvalue weighted by Crippen LogP contribution is 2.38. The van der Waals surface area contributed by atoms with Crippen molar-refractivity contribution in [1.82, 2.24) is 0 Å². The maximum absolute atomic E-state index is 5.60. The molecule has 1 heterocycles. The predicted octanol–water partition coefficient (Wildman–Crippen LogP) is 3.10. The first kappa shape index (κ1) is 16.1. The second-order valence-electron chi connectivity index (χ2n) is 5.25. The van der Waals surface area contributed by atoms with Crippen molar-refractivity contribution in [2.24, 2.45) is 0 Å². The van der Waals surface area contributed by atoms with E-state index in [0.29, 0.717) is 37.0 Å². The van der Waals surface area contributed by atoms with Gasteiger partial charge in [-0.1, -0.05) is 0 Å². The van der Waals surface area contributed by atoms with Crippen molar-refractivity contribution < 1.29 is 23.7 Å². The standard InChI is InChI=1S/C18H21NO5/c1-20-16-8-12(9-17(21-2)18(16)22-3)11-19-13-4-5-14-15(10-13)24-7-6-23-14/h4-5,8-10,19H,6-7,11H2,1-3H3. The highest BCUT2D eigenvalue weighted by atomic mass is 16.6. The molecule has 3 rings (SSSR count). The van der Waals surface area contributed by atoms with E-state index in [9.17, 15) is 0 Å². The molecule has 0 bridgehead atoms. The number of hydrogen-bond acceptors (Lipinski definition) is 6. The Labute approximate surface area is 141 Å². The number of nitrogens with one attached hydrogen (secondary N) is 1. The molecule has 0 radical (unpaired) electrons. The summed E-state index contributed by atoms with van der Waals surface area (Å²) in [5, 5.41) is 3.36. The Morgan fingerprint density at radius 3 is 2.17 bits per heavy atom. The first-order chi connectivity index (χ1) is 11.7. The SMILES string of the molecule is COc1cc(CNc2ccc3c(c2)OCCO3)cc(OC)c1OC. The molecule has 0 fully saturated rings. The van der Waals surface area contributed by atoms with E-state index >= 15 is 0 Å². The molecule has 0 amide bonds. The Hall–Kier alpha value is -2.76. The van der Waals surface area contributed by atoms with Gasteiger partial charge in [0.2, 0.25) is 5.75 Å². The van der Waals surface area contributed by atoms with Crippen molar-refractivity contribution >= 4 is 5.69 Å². The number of rotatable bonds is 6. The summed E-state index contributed by atoms with van der Waals surface area (Å²) in [5.41, 5.74) is 1.97. The number of ether oxygens (including phenoxy) is 5. The van der Waals surface area contributed by atoms with Gasteiger partial charge in [0.15, 0.2) is 23.0 Å². The minimum absolute atomic E-state index is 0.573. The second kappa shape index (κ2) is 7.21. The van der Waals surface area contributed by atoms with Crippen LogP contribution in [0.1, 0.15) is 5.56 Å². The Balaban J connectivity index is 1.76. The lowest BCUT2D eigenvalue weighted by molar-refractivity contribution is 0.171. The Kier molecular flexibility index (Phi) is 4.84. The molecule has 0 atom stereocenters. The molecule has 6 nitrogen and oxygen atoms in total. The Bertz CT molecular complexity index is 692. The lowest BCUT2D eigenvalue weighted by Gasteiger charge is -2.19. The molecule has 24 heavy (non-hydrogen) atoms. The van der Waals surface area contributed by atoms with E-state index in [4.69, 9.17) is 23.7 Å². The molecule has 0 saturated heterocycles. The van der Waals surface area contributed by atoms with Gasteiger partial charge in [0, 0.05) is 18.3 Å². The van der Waals surface area contributed by atoms with Crippen molar-refractivity contribution in [2.75, 3.05) is 39.9 Å². The van der Waals surface area contributed by atoms with Crippen molar-refractivity contribution in [2.45, 2.75) is 6.54 Å². The van der Waals surface area contributed by atoms with Crippen LogP contribution < -0.4 is 29.0 Å². The largest absolute Gasteiger partial charge is 0.493 e. The molecule has 0 aromatic heterocycles. The van der Waals surface area contributed by atoms with Crippen LogP contribution in [0, 0.1) is 0 Å². The van der Waals surface area contributed by atoms with Crippen LogP contribution in [0.25, 0.3) is 0 Å². The third-order valence-electron chi connectivity index (χ3n) is 3.76. The highest BCUT2D eigenvalue weighted by molar-refractivity contribution is 5.57. The van der Waals surface area contributed by atoms with Gasteiger partial charge in [-0.3, -0.25) is 0 Å². The molecule has 1 aliphatic heterocycles. The van der Waals surface area contributed by atoms with Crippen LogP contribution in [0.2, 0.25) is 0 Å². The fourth-order valence-electron chi connectivity index (χ4n) is 2.59. The first-order valence-corrected chi connectivity index (χ1v) is 7.67. The maximum atomic E-state index is 5.60. The van der Waals surface area contributed by atoms with Gasteiger partial charge in [-0.15, -0.1) is 0 Å². The van der Waals surface area contributed by atoms with Crippen LogP contribution in [0.3, 0.4) is 0 Å². The second-order valence-corrected chi connectivity index (χ2v) is 5.25. The minimum atomic E-state index is 0.573. The van der Waals surface area contributed by atoms with E-state index in [-0.39, 0.29) is 0 Å². The van der Waals surface area contributed by atoms with Crippen molar-refractivity contribution in [3.8, 4) is 28.7 Å². The molecule has 0 aliphatic carbocycles. The predicted molar refractivity (Wildman–Crippen MR) is 90.9 cm³/mol. The van der Waals surface area contributed by atoms with Gasteiger partial charge in [0.1, 0.15) is 13.2 Å². The first-order valence-electron chi connectivity index (χ1n) is 7.67. The summed E-state index contributed by atoms with van der Waals surface area (Å²) in [5.74, 6) is 3.39. The van der Waals surface area contributed by atoms with E-state index in [1.165, 1.54) is 0 Å². The van der Waals surface area contributed by atoms with Crippen molar-refractivity contribution in [3.63, 3.8) is 0 Å². The lowest BCUT2D eigenvalue weighted by atomic mass is 10.1. The van der Waals surface area contributed by atoms with Crippen LogP contribution >= 0.6 is 0 Å². The normalized spacial score (nSPS) is 12.5. The highest BCUT2D eigenvalue weighted by Gasteiger charge is 2.14.